The molecule has 0 unspecified atom stereocenters. The van der Waals surface area contributed by atoms with Crippen LogP contribution in [0, 0.1) is 17.5 Å². The SMILES string of the molecule is N[C@@H](CCF)c1cc(F)cc(F)c1F. The van der Waals surface area contributed by atoms with Crippen LogP contribution in [0.15, 0.2) is 12.1 Å². The van der Waals surface area contributed by atoms with E-state index in [1.807, 2.05) is 0 Å². The molecule has 1 rings (SSSR count). The minimum atomic E-state index is -1.31. The van der Waals surface area contributed by atoms with E-state index in [1.54, 1.807) is 0 Å². The zero-order valence-electron chi connectivity index (χ0n) is 7.24. The second-order valence-corrected chi connectivity index (χ2v) is 2.87. The van der Waals surface area contributed by atoms with Crippen molar-refractivity contribution in [1.29, 1.82) is 0 Å². The third-order valence-electron chi connectivity index (χ3n) is 1.84. The summed E-state index contributed by atoms with van der Waals surface area (Å²) in [4.78, 5) is 0. The van der Waals surface area contributed by atoms with Gasteiger partial charge in [0.2, 0.25) is 0 Å². The van der Waals surface area contributed by atoms with Crippen molar-refractivity contribution >= 4 is 0 Å². The van der Waals surface area contributed by atoms with Gasteiger partial charge in [0, 0.05) is 17.7 Å². The first-order valence-corrected chi connectivity index (χ1v) is 4.02. The molecular weight excluding hydrogens is 198 g/mol. The summed E-state index contributed by atoms with van der Waals surface area (Å²) in [6, 6.07) is 0.171. The van der Waals surface area contributed by atoms with E-state index in [9.17, 15) is 17.6 Å². The van der Waals surface area contributed by atoms with E-state index in [-0.39, 0.29) is 12.0 Å². The van der Waals surface area contributed by atoms with Crippen molar-refractivity contribution in [2.45, 2.75) is 12.5 Å². The molecule has 1 atom stereocenters. The highest BCUT2D eigenvalue weighted by atomic mass is 19.2. The third-order valence-corrected chi connectivity index (χ3v) is 1.84. The van der Waals surface area contributed by atoms with E-state index in [1.165, 1.54) is 0 Å². The van der Waals surface area contributed by atoms with Crippen LogP contribution in [0.5, 0.6) is 0 Å². The normalized spacial score (nSPS) is 12.9. The maximum Gasteiger partial charge on any atom is 0.163 e. The molecule has 1 aromatic rings. The summed E-state index contributed by atoms with van der Waals surface area (Å²) in [5.41, 5.74) is 5.00. The number of hydrogen-bond donors (Lipinski definition) is 1. The molecule has 0 fully saturated rings. The molecule has 5 heteroatoms. The first-order chi connectivity index (χ1) is 6.56. The summed E-state index contributed by atoms with van der Waals surface area (Å²) < 4.78 is 50.2. The van der Waals surface area contributed by atoms with Crippen LogP contribution in [0.1, 0.15) is 18.0 Å². The molecule has 78 valence electrons. The van der Waals surface area contributed by atoms with E-state index < -0.39 is 30.2 Å². The molecule has 0 aliphatic rings. The molecule has 0 spiro atoms. The summed E-state index contributed by atoms with van der Waals surface area (Å²) in [7, 11) is 0. The second-order valence-electron chi connectivity index (χ2n) is 2.87. The number of hydrogen-bond acceptors (Lipinski definition) is 1. The average molecular weight is 207 g/mol. The maximum atomic E-state index is 13.0. The molecule has 0 bridgehead atoms. The van der Waals surface area contributed by atoms with Crippen LogP contribution in [0.4, 0.5) is 17.6 Å². The number of halogens is 4. The van der Waals surface area contributed by atoms with Gasteiger partial charge in [0.15, 0.2) is 11.6 Å². The Labute approximate surface area is 78.5 Å². The lowest BCUT2D eigenvalue weighted by Gasteiger charge is -2.11. The van der Waals surface area contributed by atoms with Gasteiger partial charge in [0.05, 0.1) is 6.67 Å². The van der Waals surface area contributed by atoms with Gasteiger partial charge >= 0.3 is 0 Å². The minimum Gasteiger partial charge on any atom is -0.324 e. The van der Waals surface area contributed by atoms with Gasteiger partial charge in [-0.2, -0.15) is 0 Å². The van der Waals surface area contributed by atoms with Gasteiger partial charge < -0.3 is 5.73 Å². The summed E-state index contributed by atoms with van der Waals surface area (Å²) in [5, 5.41) is 0. The zero-order valence-corrected chi connectivity index (χ0v) is 7.24. The van der Waals surface area contributed by atoms with Gasteiger partial charge in [-0.15, -0.1) is 0 Å². The Morgan fingerprint density at radius 3 is 2.43 bits per heavy atom. The van der Waals surface area contributed by atoms with Gasteiger partial charge in [0.25, 0.3) is 0 Å². The lowest BCUT2D eigenvalue weighted by atomic mass is 10.0. The smallest absolute Gasteiger partial charge is 0.163 e. The fourth-order valence-electron chi connectivity index (χ4n) is 1.12. The quantitative estimate of drug-likeness (QED) is 0.598. The molecular formula is C9H9F4N. The lowest BCUT2D eigenvalue weighted by Crippen LogP contribution is -2.14. The highest BCUT2D eigenvalue weighted by Crippen LogP contribution is 2.21. The van der Waals surface area contributed by atoms with Crippen LogP contribution in [-0.4, -0.2) is 6.67 Å². The van der Waals surface area contributed by atoms with E-state index in [0.29, 0.717) is 6.07 Å². The Bertz CT molecular complexity index is 327. The molecule has 0 radical (unpaired) electrons. The Balaban J connectivity index is 3.07. The van der Waals surface area contributed by atoms with E-state index in [2.05, 4.69) is 0 Å². The molecule has 0 aliphatic heterocycles. The first-order valence-electron chi connectivity index (χ1n) is 4.02. The predicted octanol–water partition coefficient (Wildman–Crippen LogP) is 2.46. The van der Waals surface area contributed by atoms with Gasteiger partial charge in [-0.3, -0.25) is 4.39 Å². The lowest BCUT2D eigenvalue weighted by molar-refractivity contribution is 0.423. The van der Waals surface area contributed by atoms with Crippen molar-refractivity contribution in [1.82, 2.24) is 0 Å². The molecule has 0 saturated carbocycles. The molecule has 0 heterocycles. The van der Waals surface area contributed by atoms with Crippen molar-refractivity contribution in [2.75, 3.05) is 6.67 Å². The zero-order chi connectivity index (χ0) is 10.7. The summed E-state index contributed by atoms with van der Waals surface area (Å²) in [5.74, 6) is -3.45. The number of benzene rings is 1. The molecule has 2 N–H and O–H groups in total. The Morgan fingerprint density at radius 2 is 1.86 bits per heavy atom. The molecule has 1 nitrogen and oxygen atoms in total. The van der Waals surface area contributed by atoms with Crippen LogP contribution in [-0.2, 0) is 0 Å². The van der Waals surface area contributed by atoms with E-state index in [0.717, 1.165) is 6.07 Å². The van der Waals surface area contributed by atoms with Crippen LogP contribution < -0.4 is 5.73 Å². The summed E-state index contributed by atoms with van der Waals surface area (Å²) in [6.45, 7) is -0.765. The van der Waals surface area contributed by atoms with Gasteiger partial charge in [-0.25, -0.2) is 13.2 Å². The van der Waals surface area contributed by atoms with Crippen LogP contribution in [0.2, 0.25) is 0 Å². The molecule has 0 amide bonds. The largest absolute Gasteiger partial charge is 0.324 e. The van der Waals surface area contributed by atoms with Crippen molar-refractivity contribution < 1.29 is 17.6 Å². The highest BCUT2D eigenvalue weighted by molar-refractivity contribution is 5.23. The topological polar surface area (TPSA) is 26.0 Å². The third kappa shape index (κ3) is 2.23. The standard InChI is InChI=1S/C9H9F4N/c10-2-1-8(14)6-3-5(11)4-7(12)9(6)13/h3-4,8H,1-2,14H2/t8-/m0/s1. The summed E-state index contributed by atoms with van der Waals surface area (Å²) in [6.07, 6.45) is -0.167. The number of nitrogens with two attached hydrogens (primary N) is 1. The van der Waals surface area contributed by atoms with Crippen molar-refractivity contribution in [3.63, 3.8) is 0 Å². The second kappa shape index (κ2) is 4.41. The fraction of sp³-hybridized carbons (Fsp3) is 0.333. The van der Waals surface area contributed by atoms with E-state index in [4.69, 9.17) is 5.73 Å². The fourth-order valence-corrected chi connectivity index (χ4v) is 1.12. The highest BCUT2D eigenvalue weighted by Gasteiger charge is 2.16. The average Bonchev–Trinajstić information content (AvgIpc) is 2.11. The van der Waals surface area contributed by atoms with Crippen LogP contribution in [0.25, 0.3) is 0 Å². The van der Waals surface area contributed by atoms with Gasteiger partial charge in [-0.1, -0.05) is 0 Å². The van der Waals surface area contributed by atoms with E-state index >= 15 is 0 Å². The molecule has 1 aromatic carbocycles. The Kier molecular flexibility index (Phi) is 3.46. The minimum absolute atomic E-state index is 0.167. The monoisotopic (exact) mass is 207 g/mol. The van der Waals surface area contributed by atoms with Gasteiger partial charge in [-0.05, 0) is 12.5 Å². The maximum absolute atomic E-state index is 13.0. The Hall–Kier alpha value is -1.10. The number of rotatable bonds is 3. The molecule has 0 aliphatic carbocycles. The molecule has 0 saturated heterocycles. The van der Waals surface area contributed by atoms with Crippen molar-refractivity contribution in [3.8, 4) is 0 Å². The van der Waals surface area contributed by atoms with Crippen molar-refractivity contribution in [2.24, 2.45) is 5.73 Å². The summed E-state index contributed by atoms with van der Waals surface area (Å²) >= 11 is 0. The number of alkyl halides is 1. The predicted molar refractivity (Wildman–Crippen MR) is 43.8 cm³/mol. The van der Waals surface area contributed by atoms with Crippen molar-refractivity contribution in [3.05, 3.63) is 35.1 Å². The van der Waals surface area contributed by atoms with Crippen LogP contribution >= 0.6 is 0 Å². The Morgan fingerprint density at radius 1 is 1.21 bits per heavy atom. The molecule has 0 aromatic heterocycles. The first kappa shape index (κ1) is 11.0. The van der Waals surface area contributed by atoms with Gasteiger partial charge in [0.1, 0.15) is 5.82 Å². The molecule has 14 heavy (non-hydrogen) atoms. The van der Waals surface area contributed by atoms with Crippen LogP contribution in [0.3, 0.4) is 0 Å².